The molecule has 0 heterocycles. The SMILES string of the molecule is CN(c1ccc(O)cc1)S(=O)(=O)c1ccc(C(C)(C)C)cc1. The van der Waals surface area contributed by atoms with Crippen LogP contribution in [0, 0.1) is 0 Å². The standard InChI is InChI=1S/C17H21NO3S/c1-17(2,3)13-5-11-16(12-6-13)22(20,21)18(4)14-7-9-15(19)10-8-14/h5-12,19H,1-4H3. The molecule has 0 aliphatic rings. The molecule has 2 aromatic carbocycles. The zero-order valence-electron chi connectivity index (χ0n) is 13.2. The van der Waals surface area contributed by atoms with Crippen LogP contribution in [0.1, 0.15) is 26.3 Å². The van der Waals surface area contributed by atoms with Crippen molar-refractivity contribution in [3.63, 3.8) is 0 Å². The fraction of sp³-hybridized carbons (Fsp3) is 0.294. The van der Waals surface area contributed by atoms with Crippen LogP contribution in [0.2, 0.25) is 0 Å². The van der Waals surface area contributed by atoms with Crippen molar-refractivity contribution in [2.24, 2.45) is 0 Å². The van der Waals surface area contributed by atoms with Crippen LogP contribution < -0.4 is 4.31 Å². The van der Waals surface area contributed by atoms with E-state index < -0.39 is 10.0 Å². The highest BCUT2D eigenvalue weighted by Crippen LogP contribution is 2.27. The van der Waals surface area contributed by atoms with Gasteiger partial charge in [0, 0.05) is 7.05 Å². The molecule has 0 aromatic heterocycles. The molecule has 0 unspecified atom stereocenters. The van der Waals surface area contributed by atoms with Crippen molar-refractivity contribution < 1.29 is 13.5 Å². The van der Waals surface area contributed by atoms with Gasteiger partial charge in [0.25, 0.3) is 10.0 Å². The zero-order chi connectivity index (χ0) is 16.5. The van der Waals surface area contributed by atoms with Gasteiger partial charge in [0.05, 0.1) is 10.6 Å². The van der Waals surface area contributed by atoms with Gasteiger partial charge in [-0.05, 0) is 47.4 Å². The topological polar surface area (TPSA) is 57.6 Å². The smallest absolute Gasteiger partial charge is 0.264 e. The molecule has 2 aromatic rings. The van der Waals surface area contributed by atoms with E-state index in [1.165, 1.54) is 23.5 Å². The van der Waals surface area contributed by atoms with Gasteiger partial charge in [0.1, 0.15) is 5.75 Å². The Kier molecular flexibility index (Phi) is 4.20. The molecule has 118 valence electrons. The molecular formula is C17H21NO3S. The van der Waals surface area contributed by atoms with Gasteiger partial charge in [-0.1, -0.05) is 32.9 Å². The van der Waals surface area contributed by atoms with Crippen molar-refractivity contribution in [3.05, 3.63) is 54.1 Å². The number of aromatic hydroxyl groups is 1. The summed E-state index contributed by atoms with van der Waals surface area (Å²) in [6.45, 7) is 6.25. The number of nitrogens with zero attached hydrogens (tertiary/aromatic N) is 1. The van der Waals surface area contributed by atoms with Crippen molar-refractivity contribution >= 4 is 15.7 Å². The summed E-state index contributed by atoms with van der Waals surface area (Å²) in [7, 11) is -2.12. The van der Waals surface area contributed by atoms with Gasteiger partial charge < -0.3 is 5.11 Å². The lowest BCUT2D eigenvalue weighted by Gasteiger charge is -2.22. The maximum Gasteiger partial charge on any atom is 0.264 e. The van der Waals surface area contributed by atoms with Crippen LogP contribution >= 0.6 is 0 Å². The van der Waals surface area contributed by atoms with E-state index in [1.807, 2.05) is 12.1 Å². The van der Waals surface area contributed by atoms with Gasteiger partial charge in [-0.25, -0.2) is 8.42 Å². The molecule has 0 bridgehead atoms. The minimum absolute atomic E-state index is 0.0227. The summed E-state index contributed by atoms with van der Waals surface area (Å²) in [5.41, 5.74) is 1.56. The van der Waals surface area contributed by atoms with Crippen molar-refractivity contribution in [2.45, 2.75) is 31.1 Å². The quantitative estimate of drug-likeness (QED) is 0.942. The fourth-order valence-electron chi connectivity index (χ4n) is 2.09. The van der Waals surface area contributed by atoms with Gasteiger partial charge in [-0.15, -0.1) is 0 Å². The Morgan fingerprint density at radius 3 is 1.86 bits per heavy atom. The molecule has 4 nitrogen and oxygen atoms in total. The van der Waals surface area contributed by atoms with Crippen LogP contribution in [0.5, 0.6) is 5.75 Å². The number of hydrogen-bond donors (Lipinski definition) is 1. The van der Waals surface area contributed by atoms with Crippen LogP contribution in [0.15, 0.2) is 53.4 Å². The fourth-order valence-corrected chi connectivity index (χ4v) is 3.28. The van der Waals surface area contributed by atoms with Gasteiger partial charge >= 0.3 is 0 Å². The lowest BCUT2D eigenvalue weighted by Crippen LogP contribution is -2.26. The predicted octanol–water partition coefficient (Wildman–Crippen LogP) is 3.51. The molecular weight excluding hydrogens is 298 g/mol. The Labute approximate surface area is 132 Å². The summed E-state index contributed by atoms with van der Waals surface area (Å²) in [4.78, 5) is 0.246. The highest BCUT2D eigenvalue weighted by Gasteiger charge is 2.22. The second-order valence-corrected chi connectivity index (χ2v) is 8.23. The number of hydrogen-bond acceptors (Lipinski definition) is 3. The Morgan fingerprint density at radius 1 is 0.909 bits per heavy atom. The number of phenolic OH excluding ortho intramolecular Hbond substituents is 1. The van der Waals surface area contributed by atoms with Gasteiger partial charge in [0.15, 0.2) is 0 Å². The molecule has 0 fully saturated rings. The van der Waals surface area contributed by atoms with Crippen LogP contribution in [0.3, 0.4) is 0 Å². The molecule has 1 N–H and O–H groups in total. The van der Waals surface area contributed by atoms with E-state index in [-0.39, 0.29) is 16.1 Å². The number of anilines is 1. The molecule has 0 saturated carbocycles. The van der Waals surface area contributed by atoms with Crippen molar-refractivity contribution in [3.8, 4) is 5.75 Å². The predicted molar refractivity (Wildman–Crippen MR) is 88.8 cm³/mol. The number of phenols is 1. The summed E-state index contributed by atoms with van der Waals surface area (Å²) < 4.78 is 26.5. The zero-order valence-corrected chi connectivity index (χ0v) is 14.1. The molecule has 0 aliphatic carbocycles. The monoisotopic (exact) mass is 319 g/mol. The van der Waals surface area contributed by atoms with Crippen LogP contribution in [-0.4, -0.2) is 20.6 Å². The van der Waals surface area contributed by atoms with Gasteiger partial charge in [0.2, 0.25) is 0 Å². The number of rotatable bonds is 3. The first-order valence-corrected chi connectivity index (χ1v) is 8.45. The van der Waals surface area contributed by atoms with Crippen molar-refractivity contribution in [2.75, 3.05) is 11.4 Å². The van der Waals surface area contributed by atoms with E-state index in [0.29, 0.717) is 5.69 Å². The van der Waals surface area contributed by atoms with E-state index in [4.69, 9.17) is 0 Å². The van der Waals surface area contributed by atoms with Crippen LogP contribution in [0.25, 0.3) is 0 Å². The van der Waals surface area contributed by atoms with Crippen molar-refractivity contribution in [1.29, 1.82) is 0 Å². The Balaban J connectivity index is 2.35. The van der Waals surface area contributed by atoms with E-state index in [2.05, 4.69) is 20.8 Å². The maximum atomic E-state index is 12.6. The molecule has 0 saturated heterocycles. The Bertz CT molecular complexity index is 742. The minimum Gasteiger partial charge on any atom is -0.508 e. The highest BCUT2D eigenvalue weighted by molar-refractivity contribution is 7.92. The molecule has 0 atom stereocenters. The lowest BCUT2D eigenvalue weighted by molar-refractivity contribution is 0.475. The van der Waals surface area contributed by atoms with E-state index in [0.717, 1.165) is 5.56 Å². The third-order valence-electron chi connectivity index (χ3n) is 3.59. The largest absolute Gasteiger partial charge is 0.508 e. The second kappa shape index (κ2) is 5.65. The minimum atomic E-state index is -3.62. The van der Waals surface area contributed by atoms with Crippen LogP contribution in [0.4, 0.5) is 5.69 Å². The first-order chi connectivity index (χ1) is 10.1. The molecule has 0 amide bonds. The highest BCUT2D eigenvalue weighted by atomic mass is 32.2. The maximum absolute atomic E-state index is 12.6. The summed E-state index contributed by atoms with van der Waals surface area (Å²) in [5, 5.41) is 9.30. The molecule has 5 heteroatoms. The summed E-state index contributed by atoms with van der Waals surface area (Å²) in [5.74, 6) is 0.101. The van der Waals surface area contributed by atoms with Gasteiger partial charge in [-0.2, -0.15) is 0 Å². The average Bonchev–Trinajstić information content (AvgIpc) is 2.46. The van der Waals surface area contributed by atoms with Crippen molar-refractivity contribution in [1.82, 2.24) is 0 Å². The molecule has 0 spiro atoms. The molecule has 2 rings (SSSR count). The molecule has 0 aliphatic heterocycles. The number of sulfonamides is 1. The third kappa shape index (κ3) is 3.25. The summed E-state index contributed by atoms with van der Waals surface area (Å²) in [6, 6.07) is 13.0. The molecule has 0 radical (unpaired) electrons. The Morgan fingerprint density at radius 2 is 1.41 bits per heavy atom. The van der Waals surface area contributed by atoms with E-state index in [9.17, 15) is 13.5 Å². The molecule has 22 heavy (non-hydrogen) atoms. The van der Waals surface area contributed by atoms with E-state index >= 15 is 0 Å². The first-order valence-electron chi connectivity index (χ1n) is 7.01. The van der Waals surface area contributed by atoms with Crippen LogP contribution in [-0.2, 0) is 15.4 Å². The lowest BCUT2D eigenvalue weighted by atomic mass is 9.87. The first kappa shape index (κ1) is 16.4. The average molecular weight is 319 g/mol. The van der Waals surface area contributed by atoms with Gasteiger partial charge in [-0.3, -0.25) is 4.31 Å². The number of benzene rings is 2. The second-order valence-electron chi connectivity index (χ2n) is 6.26. The summed E-state index contributed by atoms with van der Waals surface area (Å²) >= 11 is 0. The third-order valence-corrected chi connectivity index (χ3v) is 5.39. The Hall–Kier alpha value is -2.01. The summed E-state index contributed by atoms with van der Waals surface area (Å²) in [6.07, 6.45) is 0. The normalized spacial score (nSPS) is 12.2. The van der Waals surface area contributed by atoms with E-state index in [1.54, 1.807) is 24.3 Å².